The summed E-state index contributed by atoms with van der Waals surface area (Å²) < 4.78 is 37.7. The van der Waals surface area contributed by atoms with E-state index in [9.17, 15) is 22.8 Å². The maximum atomic E-state index is 12.6. The van der Waals surface area contributed by atoms with Crippen molar-refractivity contribution in [1.29, 1.82) is 0 Å². The van der Waals surface area contributed by atoms with Gasteiger partial charge in [-0.05, 0) is 36.1 Å². The van der Waals surface area contributed by atoms with E-state index >= 15 is 0 Å². The van der Waals surface area contributed by atoms with Gasteiger partial charge >= 0.3 is 6.18 Å². The number of anilines is 1. The number of alkyl halides is 3. The number of carbonyl (C=O) groups is 2. The summed E-state index contributed by atoms with van der Waals surface area (Å²) in [6.07, 6.45) is -2.60. The fourth-order valence-corrected chi connectivity index (χ4v) is 2.92. The lowest BCUT2D eigenvalue weighted by atomic mass is 10.1. The van der Waals surface area contributed by atoms with Gasteiger partial charge in [-0.15, -0.1) is 11.8 Å². The molecular weight excluding hydrogens is 377 g/mol. The Hall–Kier alpha value is -2.48. The first-order chi connectivity index (χ1) is 12.7. The third kappa shape index (κ3) is 6.02. The van der Waals surface area contributed by atoms with Gasteiger partial charge in [0, 0.05) is 11.9 Å². The average molecular weight is 396 g/mol. The monoisotopic (exact) mass is 396 g/mol. The van der Waals surface area contributed by atoms with Gasteiger partial charge in [0.1, 0.15) is 0 Å². The van der Waals surface area contributed by atoms with Crippen LogP contribution in [0.15, 0.2) is 53.4 Å². The smallest absolute Gasteiger partial charge is 0.336 e. The summed E-state index contributed by atoms with van der Waals surface area (Å²) in [7, 11) is 1.48. The molecule has 0 atom stereocenters. The minimum absolute atomic E-state index is 0.0800. The largest absolute Gasteiger partial charge is 0.416 e. The molecule has 0 saturated carbocycles. The van der Waals surface area contributed by atoms with E-state index in [1.807, 2.05) is 18.4 Å². The van der Waals surface area contributed by atoms with Gasteiger partial charge in [-0.2, -0.15) is 13.2 Å². The first kappa shape index (κ1) is 20.8. The quantitative estimate of drug-likeness (QED) is 0.749. The number of benzene rings is 2. The van der Waals surface area contributed by atoms with E-state index in [0.29, 0.717) is 11.3 Å². The van der Waals surface area contributed by atoms with Gasteiger partial charge in [-0.1, -0.05) is 24.3 Å². The first-order valence-corrected chi connectivity index (χ1v) is 9.26. The number of halogens is 3. The zero-order chi connectivity index (χ0) is 20.0. The van der Waals surface area contributed by atoms with Crippen LogP contribution in [0.1, 0.15) is 11.1 Å². The van der Waals surface area contributed by atoms with E-state index in [4.69, 9.17) is 0 Å². The molecule has 0 saturated heterocycles. The Kier molecular flexibility index (Phi) is 6.90. The van der Waals surface area contributed by atoms with E-state index in [1.54, 1.807) is 12.1 Å². The topological polar surface area (TPSA) is 49.4 Å². The zero-order valence-electron chi connectivity index (χ0n) is 14.8. The maximum absolute atomic E-state index is 12.6. The molecule has 4 nitrogen and oxygen atoms in total. The number of hydrogen-bond acceptors (Lipinski definition) is 3. The van der Waals surface area contributed by atoms with E-state index in [0.717, 1.165) is 17.0 Å². The highest BCUT2D eigenvalue weighted by Crippen LogP contribution is 2.29. The second kappa shape index (κ2) is 8.94. The SMILES string of the molecule is CSc1ccccc1NC(=O)CN(C)C(=O)Cc1ccc(C(F)(F)F)cc1. The molecule has 144 valence electrons. The van der Waals surface area contributed by atoms with Gasteiger partial charge in [0.25, 0.3) is 0 Å². The lowest BCUT2D eigenvalue weighted by Crippen LogP contribution is -2.35. The van der Waals surface area contributed by atoms with Crippen LogP contribution in [0.5, 0.6) is 0 Å². The lowest BCUT2D eigenvalue weighted by molar-refractivity contribution is -0.137. The predicted octanol–water partition coefficient (Wildman–Crippen LogP) is 4.07. The van der Waals surface area contributed by atoms with Crippen LogP contribution in [-0.2, 0) is 22.2 Å². The molecule has 1 N–H and O–H groups in total. The minimum Gasteiger partial charge on any atom is -0.336 e. The van der Waals surface area contributed by atoms with Crippen LogP contribution in [-0.4, -0.2) is 36.6 Å². The van der Waals surface area contributed by atoms with Crippen molar-refractivity contribution in [2.45, 2.75) is 17.5 Å². The van der Waals surface area contributed by atoms with E-state index in [-0.39, 0.29) is 24.8 Å². The van der Waals surface area contributed by atoms with E-state index in [2.05, 4.69) is 5.32 Å². The summed E-state index contributed by atoms with van der Waals surface area (Å²) in [6, 6.07) is 11.7. The third-order valence-electron chi connectivity index (χ3n) is 3.82. The van der Waals surface area contributed by atoms with Crippen LogP contribution in [0.2, 0.25) is 0 Å². The van der Waals surface area contributed by atoms with Gasteiger partial charge in [0.2, 0.25) is 11.8 Å². The van der Waals surface area contributed by atoms with Crippen molar-refractivity contribution < 1.29 is 22.8 Å². The fraction of sp³-hybridized carbons (Fsp3) is 0.263. The summed E-state index contributed by atoms with van der Waals surface area (Å²) >= 11 is 1.49. The number of para-hydroxylation sites is 1. The Bertz CT molecular complexity index is 807. The van der Waals surface area contributed by atoms with Crippen LogP contribution < -0.4 is 5.32 Å². The molecule has 8 heteroatoms. The molecule has 0 unspecified atom stereocenters. The average Bonchev–Trinajstić information content (AvgIpc) is 2.61. The van der Waals surface area contributed by atoms with Crippen molar-refractivity contribution in [3.8, 4) is 0 Å². The van der Waals surface area contributed by atoms with Gasteiger partial charge in [-0.3, -0.25) is 9.59 Å². The summed E-state index contributed by atoms with van der Waals surface area (Å²) in [4.78, 5) is 26.5. The van der Waals surface area contributed by atoms with Crippen molar-refractivity contribution in [1.82, 2.24) is 4.90 Å². The number of nitrogens with zero attached hydrogens (tertiary/aromatic N) is 1. The van der Waals surface area contributed by atoms with E-state index in [1.165, 1.54) is 35.8 Å². The number of thioether (sulfide) groups is 1. The molecule has 2 aromatic carbocycles. The Labute approximate surface area is 159 Å². The van der Waals surface area contributed by atoms with Crippen LogP contribution >= 0.6 is 11.8 Å². The van der Waals surface area contributed by atoms with Crippen LogP contribution in [0.25, 0.3) is 0 Å². The molecule has 0 radical (unpaired) electrons. The highest BCUT2D eigenvalue weighted by atomic mass is 32.2. The standard InChI is InChI=1S/C19H19F3N2O2S/c1-24(12-17(25)23-15-5-3-4-6-16(15)27-2)18(26)11-13-7-9-14(10-8-13)19(20,21)22/h3-10H,11-12H2,1-2H3,(H,23,25). The fourth-order valence-electron chi connectivity index (χ4n) is 2.36. The van der Waals surface area contributed by atoms with Gasteiger partial charge in [0.15, 0.2) is 0 Å². The molecule has 0 aliphatic heterocycles. The molecule has 27 heavy (non-hydrogen) atoms. The minimum atomic E-state index is -4.41. The van der Waals surface area contributed by atoms with Crippen molar-refractivity contribution in [2.24, 2.45) is 0 Å². The molecule has 0 fully saturated rings. The normalized spacial score (nSPS) is 11.1. The second-order valence-electron chi connectivity index (χ2n) is 5.87. The number of hydrogen-bond donors (Lipinski definition) is 1. The van der Waals surface area contributed by atoms with Gasteiger partial charge in [-0.25, -0.2) is 0 Å². The predicted molar refractivity (Wildman–Crippen MR) is 99.6 cm³/mol. The maximum Gasteiger partial charge on any atom is 0.416 e. The Morgan fingerprint density at radius 3 is 2.30 bits per heavy atom. The molecule has 0 aromatic heterocycles. The molecule has 0 heterocycles. The van der Waals surface area contributed by atoms with Crippen molar-refractivity contribution in [3.05, 3.63) is 59.7 Å². The Morgan fingerprint density at radius 2 is 1.70 bits per heavy atom. The van der Waals surface area contributed by atoms with Crippen LogP contribution in [0, 0.1) is 0 Å². The number of likely N-dealkylation sites (N-methyl/N-ethyl adjacent to an activating group) is 1. The summed E-state index contributed by atoms with van der Waals surface area (Å²) in [5.41, 5.74) is 0.352. The number of rotatable bonds is 6. The number of amides is 2. The summed E-state index contributed by atoms with van der Waals surface area (Å²) in [5.74, 6) is -0.706. The Balaban J connectivity index is 1.92. The van der Waals surface area contributed by atoms with E-state index < -0.39 is 11.7 Å². The molecule has 2 aromatic rings. The van der Waals surface area contributed by atoms with Crippen LogP contribution in [0.3, 0.4) is 0 Å². The molecule has 2 rings (SSSR count). The lowest BCUT2D eigenvalue weighted by Gasteiger charge is -2.18. The highest BCUT2D eigenvalue weighted by Gasteiger charge is 2.30. The molecular formula is C19H19F3N2O2S. The number of carbonyl (C=O) groups excluding carboxylic acids is 2. The summed E-state index contributed by atoms with van der Waals surface area (Å²) in [6.45, 7) is -0.151. The third-order valence-corrected chi connectivity index (χ3v) is 4.62. The highest BCUT2D eigenvalue weighted by molar-refractivity contribution is 7.98. The van der Waals surface area contributed by atoms with Crippen LogP contribution in [0.4, 0.5) is 18.9 Å². The van der Waals surface area contributed by atoms with Gasteiger partial charge < -0.3 is 10.2 Å². The second-order valence-corrected chi connectivity index (χ2v) is 6.72. The van der Waals surface area contributed by atoms with Crippen molar-refractivity contribution in [3.63, 3.8) is 0 Å². The summed E-state index contributed by atoms with van der Waals surface area (Å²) in [5, 5.41) is 2.76. The first-order valence-electron chi connectivity index (χ1n) is 8.03. The van der Waals surface area contributed by atoms with Crippen molar-refractivity contribution >= 4 is 29.3 Å². The number of nitrogens with one attached hydrogen (secondary N) is 1. The van der Waals surface area contributed by atoms with Crippen molar-refractivity contribution in [2.75, 3.05) is 25.2 Å². The molecule has 2 amide bonds. The van der Waals surface area contributed by atoms with Gasteiger partial charge in [0.05, 0.1) is 24.2 Å². The zero-order valence-corrected chi connectivity index (χ0v) is 15.7. The molecule has 0 aliphatic carbocycles. The molecule has 0 aliphatic rings. The Morgan fingerprint density at radius 1 is 1.07 bits per heavy atom. The molecule has 0 bridgehead atoms. The molecule has 0 spiro atoms.